The van der Waals surface area contributed by atoms with E-state index >= 15 is 0 Å². The molecule has 2 aliphatic rings. The number of anilines is 2. The summed E-state index contributed by atoms with van der Waals surface area (Å²) < 4.78 is 0. The maximum absolute atomic E-state index is 6.18. The highest BCUT2D eigenvalue weighted by Gasteiger charge is 2.41. The Morgan fingerprint density at radius 1 is 1.06 bits per heavy atom. The van der Waals surface area contributed by atoms with Crippen molar-refractivity contribution in [2.75, 3.05) is 16.8 Å². The van der Waals surface area contributed by atoms with E-state index in [0.29, 0.717) is 10.1 Å². The topological polar surface area (TPSA) is 31.4 Å². The molecule has 1 fully saturated rings. The summed E-state index contributed by atoms with van der Waals surface area (Å²) in [4.78, 5) is 9.18. The zero-order valence-corrected chi connectivity index (χ0v) is 20.8. The lowest BCUT2D eigenvalue weighted by Gasteiger charge is -2.41. The Hall–Kier alpha value is -2.89. The molecule has 3 aromatic rings. The second-order valence-corrected chi connectivity index (χ2v) is 10.1. The van der Waals surface area contributed by atoms with E-state index in [2.05, 4.69) is 78.3 Å². The molecular weight excluding hydrogens is 448 g/mol. The fourth-order valence-electron chi connectivity index (χ4n) is 4.93. The van der Waals surface area contributed by atoms with Crippen molar-refractivity contribution in [3.63, 3.8) is 0 Å². The molecule has 0 bridgehead atoms. The number of pyridine rings is 1. The monoisotopic (exact) mass is 474 g/mol. The van der Waals surface area contributed by atoms with Gasteiger partial charge in [-0.05, 0) is 92.7 Å². The number of likely N-dealkylation sites (N-methyl/N-ethyl adjacent to an activating group) is 1. The number of halogens is 1. The van der Waals surface area contributed by atoms with Gasteiger partial charge in [0, 0.05) is 35.2 Å². The molecule has 1 aromatic heterocycles. The van der Waals surface area contributed by atoms with Gasteiger partial charge in [0.2, 0.25) is 0 Å². The number of hydrogen-bond acceptors (Lipinski definition) is 3. The highest BCUT2D eigenvalue weighted by Crippen LogP contribution is 2.45. The molecule has 33 heavy (non-hydrogen) atoms. The number of thiocarbonyl (C=S) groups is 1. The quantitative estimate of drug-likeness (QED) is 0.435. The van der Waals surface area contributed by atoms with Crippen LogP contribution in [0.2, 0.25) is 5.02 Å². The van der Waals surface area contributed by atoms with Gasteiger partial charge in [0.1, 0.15) is 0 Å². The van der Waals surface area contributed by atoms with E-state index in [0.717, 1.165) is 11.4 Å². The van der Waals surface area contributed by atoms with Crippen molar-refractivity contribution in [2.45, 2.75) is 38.4 Å². The van der Waals surface area contributed by atoms with Gasteiger partial charge in [-0.3, -0.25) is 4.98 Å². The number of benzene rings is 2. The summed E-state index contributed by atoms with van der Waals surface area (Å²) in [6.07, 6.45) is 4.17. The van der Waals surface area contributed by atoms with Gasteiger partial charge in [-0.1, -0.05) is 29.8 Å². The highest BCUT2D eigenvalue weighted by molar-refractivity contribution is 7.80. The Bertz CT molecular complexity index is 1240. The van der Waals surface area contributed by atoms with Crippen molar-refractivity contribution in [2.24, 2.45) is 0 Å². The van der Waals surface area contributed by atoms with Crippen LogP contribution in [0.3, 0.4) is 0 Å². The first-order valence-electron chi connectivity index (χ1n) is 11.1. The molecular formula is C27H27ClN4S. The standard InChI is InChI=1S/C27H27ClN4S/c1-17-16-27(2,3)31(4)23-13-8-18(15-21(17)23)25-24(22-7-5-6-14-29-22)30-26(33)32(25)20-11-9-19(28)10-12-20/h5-16,24-25H,1-4H3,(H,30,33)/t24-,25-/m0/s1. The van der Waals surface area contributed by atoms with E-state index in [1.54, 1.807) is 0 Å². The molecule has 2 aromatic carbocycles. The van der Waals surface area contributed by atoms with E-state index in [-0.39, 0.29) is 17.6 Å². The van der Waals surface area contributed by atoms with E-state index in [1.807, 2.05) is 42.6 Å². The SMILES string of the molecule is CC1=CC(C)(C)N(C)c2ccc([C@H]3[C@H](c4ccccn4)NC(=S)N3c3ccc(Cl)cc3)cc21. The Kier molecular flexibility index (Phi) is 5.42. The van der Waals surface area contributed by atoms with Crippen molar-refractivity contribution < 1.29 is 0 Å². The fraction of sp³-hybridized carbons (Fsp3) is 0.259. The maximum atomic E-state index is 6.18. The normalized spacial score (nSPS) is 21.5. The van der Waals surface area contributed by atoms with E-state index < -0.39 is 0 Å². The van der Waals surface area contributed by atoms with Gasteiger partial charge in [0.15, 0.2) is 5.11 Å². The van der Waals surface area contributed by atoms with Crippen LogP contribution in [-0.2, 0) is 0 Å². The second-order valence-electron chi connectivity index (χ2n) is 9.29. The van der Waals surface area contributed by atoms with Crippen LogP contribution in [0.15, 0.2) is 72.9 Å². The van der Waals surface area contributed by atoms with Crippen LogP contribution < -0.4 is 15.1 Å². The first-order valence-corrected chi connectivity index (χ1v) is 11.9. The van der Waals surface area contributed by atoms with Crippen LogP contribution in [-0.4, -0.2) is 22.7 Å². The summed E-state index contributed by atoms with van der Waals surface area (Å²) in [5, 5.41) is 4.92. The number of allylic oxidation sites excluding steroid dienone is 1. The summed E-state index contributed by atoms with van der Waals surface area (Å²) in [7, 11) is 2.16. The molecule has 2 aliphatic heterocycles. The number of aromatic nitrogens is 1. The third-order valence-electron chi connectivity index (χ3n) is 6.79. The van der Waals surface area contributed by atoms with Crippen LogP contribution in [0.4, 0.5) is 11.4 Å². The van der Waals surface area contributed by atoms with Crippen molar-refractivity contribution in [1.82, 2.24) is 10.3 Å². The Labute approximate surface area is 205 Å². The molecule has 0 unspecified atom stereocenters. The van der Waals surface area contributed by atoms with Crippen LogP contribution in [0.1, 0.15) is 49.7 Å². The van der Waals surface area contributed by atoms with E-state index in [4.69, 9.17) is 23.8 Å². The van der Waals surface area contributed by atoms with Crippen molar-refractivity contribution in [1.29, 1.82) is 0 Å². The lowest BCUT2D eigenvalue weighted by molar-refractivity contribution is 0.566. The predicted molar refractivity (Wildman–Crippen MR) is 142 cm³/mol. The molecule has 168 valence electrons. The van der Waals surface area contributed by atoms with Gasteiger partial charge in [-0.25, -0.2) is 0 Å². The first kappa shape index (κ1) is 21.9. The Balaban J connectivity index is 1.65. The van der Waals surface area contributed by atoms with Gasteiger partial charge >= 0.3 is 0 Å². The third-order valence-corrected chi connectivity index (χ3v) is 7.35. The average Bonchev–Trinajstić information content (AvgIpc) is 3.15. The molecule has 0 saturated carbocycles. The second kappa shape index (κ2) is 8.15. The molecule has 0 amide bonds. The first-order chi connectivity index (χ1) is 15.8. The van der Waals surface area contributed by atoms with Crippen LogP contribution in [0, 0.1) is 0 Å². The molecule has 3 heterocycles. The minimum absolute atomic E-state index is 0.0269. The summed E-state index contributed by atoms with van der Waals surface area (Å²) in [5.74, 6) is 0. The fourth-order valence-corrected chi connectivity index (χ4v) is 5.41. The van der Waals surface area contributed by atoms with E-state index in [1.165, 1.54) is 22.4 Å². The molecule has 2 atom stereocenters. The molecule has 5 rings (SSSR count). The molecule has 0 radical (unpaired) electrons. The lowest BCUT2D eigenvalue weighted by Crippen LogP contribution is -2.42. The minimum atomic E-state index is -0.0746. The van der Waals surface area contributed by atoms with Crippen molar-refractivity contribution in [3.05, 3.63) is 94.8 Å². The largest absolute Gasteiger partial charge is 0.366 e. The zero-order valence-electron chi connectivity index (χ0n) is 19.2. The van der Waals surface area contributed by atoms with Crippen molar-refractivity contribution >= 4 is 45.9 Å². The van der Waals surface area contributed by atoms with Crippen LogP contribution >= 0.6 is 23.8 Å². The van der Waals surface area contributed by atoms with E-state index in [9.17, 15) is 0 Å². The van der Waals surface area contributed by atoms with Gasteiger partial charge in [0.05, 0.1) is 23.3 Å². The van der Waals surface area contributed by atoms with Gasteiger partial charge in [-0.2, -0.15) is 0 Å². The van der Waals surface area contributed by atoms with Gasteiger partial charge in [0.25, 0.3) is 0 Å². The molecule has 1 saturated heterocycles. The van der Waals surface area contributed by atoms with Crippen LogP contribution in [0.25, 0.3) is 5.57 Å². The maximum Gasteiger partial charge on any atom is 0.174 e. The number of nitrogens with zero attached hydrogens (tertiary/aromatic N) is 3. The average molecular weight is 475 g/mol. The minimum Gasteiger partial charge on any atom is -0.366 e. The summed E-state index contributed by atoms with van der Waals surface area (Å²) in [6.45, 7) is 6.68. The van der Waals surface area contributed by atoms with Crippen molar-refractivity contribution in [3.8, 4) is 0 Å². The van der Waals surface area contributed by atoms with Gasteiger partial charge in [-0.15, -0.1) is 0 Å². The molecule has 0 aliphatic carbocycles. The number of rotatable bonds is 3. The lowest BCUT2D eigenvalue weighted by atomic mass is 9.86. The number of nitrogens with one attached hydrogen (secondary N) is 1. The Morgan fingerprint density at radius 2 is 1.82 bits per heavy atom. The third kappa shape index (κ3) is 3.79. The highest BCUT2D eigenvalue weighted by atomic mass is 35.5. The van der Waals surface area contributed by atoms with Gasteiger partial charge < -0.3 is 15.1 Å². The Morgan fingerprint density at radius 3 is 2.52 bits per heavy atom. The number of hydrogen-bond donors (Lipinski definition) is 1. The molecule has 0 spiro atoms. The zero-order chi connectivity index (χ0) is 23.3. The van der Waals surface area contributed by atoms with Crippen LogP contribution in [0.5, 0.6) is 0 Å². The summed E-state index contributed by atoms with van der Waals surface area (Å²) in [5.41, 5.74) is 6.91. The molecule has 4 nitrogen and oxygen atoms in total. The number of fused-ring (bicyclic) bond motifs is 1. The molecule has 6 heteroatoms. The predicted octanol–water partition coefficient (Wildman–Crippen LogP) is 6.54. The smallest absolute Gasteiger partial charge is 0.174 e. The summed E-state index contributed by atoms with van der Waals surface area (Å²) >= 11 is 12.0. The molecule has 1 N–H and O–H groups in total. The summed E-state index contributed by atoms with van der Waals surface area (Å²) in [6, 6.07) is 20.5.